The number of carbonyl (C=O) groups excluding carboxylic acids is 6. The molecule has 13 heteroatoms. The van der Waals surface area contributed by atoms with E-state index in [9.17, 15) is 28.8 Å². The molecule has 1 aliphatic carbocycles. The van der Waals surface area contributed by atoms with E-state index in [0.717, 1.165) is 71.6 Å². The summed E-state index contributed by atoms with van der Waals surface area (Å²) in [5.74, 6) is 6.66. The summed E-state index contributed by atoms with van der Waals surface area (Å²) < 4.78 is 25.8. The average Bonchev–Trinajstić information content (AvgIpc) is 1.51. The number of allylic oxidation sites excluding steroid dienone is 2. The van der Waals surface area contributed by atoms with Crippen molar-refractivity contribution in [2.75, 3.05) is 13.7 Å². The van der Waals surface area contributed by atoms with E-state index in [0.29, 0.717) is 41.8 Å². The number of hydrogen-bond acceptors (Lipinski definition) is 11. The largest absolute Gasteiger partial charge is 0.520 e. The van der Waals surface area contributed by atoms with Crippen LogP contribution in [-0.2, 0) is 72.3 Å². The standard InChI is InChI=1S/C22H22.C18H18O2.C11H14O2.C11H16O.C10H14.C9H22Si.C8H16O2.C8H14O.C7H16O2Si.C7H16.C6H12.C5H10O.C5H12.C4H10/c1-18(2)22(19-12-6-3-7-13-19,20-14-8-4-9-15-20)21-16-10-5-11-17-21;1-12(2)18(19)20-11-17-15-9-5-3-7-13(15)14-8-4-6-10-16(14)17;1-9(2)11(12)13-8-10-6-4-3-5-7-10;1-9(2)8-10-4-6-11(12-3)7-5-10;1-9(2)8-10-6-4-3-5-7-10;1-8(2)10(6,7)9(3,4)5;1-6(2)7(9)10-8(3,4)5;1-4-5-6-8(9)7(2)3;1-6(2)7(8)9-10(3,4)5;1-6(2)7(3,4)5;1-4-5-6(2)3;1-4(2)5(3)6;1-4-5(2)3;1-4(2)3/h3-18H,1-2H3;3-10,12,17H,11H2,1-2H3;3-7,9H,8H2,1-2H3;4-7,9H,8H2,1-3H3;3-7,9H,8H2,1-2H3;8H,1-7H3;6H,1-5H3;4,7H,1,5-6H2,2-3H3;6H,1-5H3;6H,1-5H3;4,6H,1,5H2,2-3H3;4H,1-3H3;5H,4H2,1-3H3;4H,1-3H3. The van der Waals surface area contributed by atoms with E-state index in [4.69, 9.17) is 23.4 Å². The third-order valence-electron chi connectivity index (χ3n) is 23.7. The number of esters is 3. The number of ketones is 2. The summed E-state index contributed by atoms with van der Waals surface area (Å²) in [7, 11) is -0.923. The van der Waals surface area contributed by atoms with Crippen LogP contribution < -0.4 is 4.74 Å². The molecule has 0 unspecified atom stereocenters. The van der Waals surface area contributed by atoms with Gasteiger partial charge in [-0.1, -0.05) is 499 Å². The van der Waals surface area contributed by atoms with Crippen molar-refractivity contribution < 1.29 is 52.1 Å². The van der Waals surface area contributed by atoms with E-state index >= 15 is 0 Å². The summed E-state index contributed by atoms with van der Waals surface area (Å²) in [6, 6.07) is 77.9. The molecule has 9 rings (SSSR count). The van der Waals surface area contributed by atoms with Crippen molar-refractivity contribution in [3.05, 3.63) is 294 Å². The number of fused-ring (bicyclic) bond motifs is 3. The van der Waals surface area contributed by atoms with Gasteiger partial charge in [0.25, 0.3) is 5.97 Å². The number of ether oxygens (including phenoxy) is 4. The number of benzene rings is 8. The highest BCUT2D eigenvalue weighted by Gasteiger charge is 2.40. The van der Waals surface area contributed by atoms with Crippen LogP contribution in [0.5, 0.6) is 5.75 Å². The minimum Gasteiger partial charge on any atom is -0.520 e. The van der Waals surface area contributed by atoms with E-state index in [-0.39, 0.29) is 82.1 Å². The molecule has 8 aromatic rings. The monoisotopic (exact) mass is 2020 g/mol. The topological polar surface area (TPSA) is 149 Å². The first kappa shape index (κ1) is 143. The van der Waals surface area contributed by atoms with Gasteiger partial charge in [0, 0.05) is 35.5 Å². The van der Waals surface area contributed by atoms with E-state index in [1.165, 1.54) is 62.9 Å². The fourth-order valence-corrected chi connectivity index (χ4v) is 14.7. The van der Waals surface area contributed by atoms with Crippen LogP contribution >= 0.6 is 0 Å². The number of methoxy groups -OCH3 is 1. The van der Waals surface area contributed by atoms with Gasteiger partial charge >= 0.3 is 17.9 Å². The summed E-state index contributed by atoms with van der Waals surface area (Å²) in [5.41, 5.74) is 13.8. The number of Topliss-reactive ketones (excluding diaryl/α,β-unsaturated/α-hetero) is 2. The van der Waals surface area contributed by atoms with Gasteiger partial charge in [0.1, 0.15) is 36.1 Å². The summed E-state index contributed by atoms with van der Waals surface area (Å²) in [6.45, 7) is 103. The Balaban J connectivity index is -0.000000494. The molecule has 0 fully saturated rings. The van der Waals surface area contributed by atoms with E-state index < -0.39 is 16.4 Å². The van der Waals surface area contributed by atoms with E-state index in [1.54, 1.807) is 20.1 Å². The van der Waals surface area contributed by atoms with E-state index in [2.05, 4.69) is 362 Å². The number of carbonyl (C=O) groups is 6. The van der Waals surface area contributed by atoms with Crippen LogP contribution in [0.2, 0.25) is 43.3 Å². The average molecular weight is 2020 g/mol. The smallest absolute Gasteiger partial charge is 0.308 e. The van der Waals surface area contributed by atoms with Crippen molar-refractivity contribution in [1.82, 2.24) is 0 Å². The minimum atomic E-state index is -1.63. The zero-order valence-electron chi connectivity index (χ0n) is 100. The van der Waals surface area contributed by atoms with Crippen LogP contribution in [0.1, 0.15) is 353 Å². The Bertz CT molecular complexity index is 4430. The molecule has 144 heavy (non-hydrogen) atoms. The molecule has 0 spiro atoms. The molecule has 1 aliphatic rings. The van der Waals surface area contributed by atoms with Crippen molar-refractivity contribution in [1.29, 1.82) is 0 Å². The van der Waals surface area contributed by atoms with Crippen LogP contribution in [0.15, 0.2) is 250 Å². The normalized spacial score (nSPS) is 11.3. The Kier molecular flexibility index (Phi) is 76.7. The van der Waals surface area contributed by atoms with Crippen molar-refractivity contribution in [3.8, 4) is 16.9 Å². The maximum atomic E-state index is 11.7. The van der Waals surface area contributed by atoms with Crippen molar-refractivity contribution in [2.24, 2.45) is 82.3 Å². The van der Waals surface area contributed by atoms with Crippen molar-refractivity contribution in [3.63, 3.8) is 0 Å². The molecule has 0 aliphatic heterocycles. The van der Waals surface area contributed by atoms with Gasteiger partial charge in [-0.25, -0.2) is 0 Å². The molecule has 0 atom stereocenters. The molecular formula is C131H212O11Si2. The lowest BCUT2D eigenvalue weighted by atomic mass is 9.63. The second-order valence-corrected chi connectivity index (χ2v) is 57.6. The molecule has 0 saturated heterocycles. The Morgan fingerprint density at radius 2 is 0.701 bits per heavy atom. The predicted molar refractivity (Wildman–Crippen MR) is 633 cm³/mol. The quantitative estimate of drug-likeness (QED) is 0.0159. The summed E-state index contributed by atoms with van der Waals surface area (Å²) in [5, 5.41) is 0.557. The number of rotatable bonds is 27. The highest BCUT2D eigenvalue weighted by atomic mass is 28.4. The maximum Gasteiger partial charge on any atom is 0.308 e. The molecule has 0 radical (unpaired) electrons. The highest BCUT2D eigenvalue weighted by Crippen LogP contribution is 2.47. The Morgan fingerprint density at radius 1 is 0.382 bits per heavy atom. The SMILES string of the molecule is C=CCC(C)C.C=CCCC(=O)C(C)C.CC(=O)C(C)C.CC(C)C.CC(C)C(=O)OC(C)(C)C.CC(C)C(=O)OCC1c2ccccc2-c2ccccc21.CC(C)C(=O)OCc1ccccc1.CC(C)C(=O)O[Si](C)(C)C.CC(C)C(C)(C)C.CC(C)C(c1ccccc1)(c1ccccc1)c1ccccc1.CC(C)Cc1ccccc1.CC(C)[Si](C)(C)C(C)(C)C.CCC(C)C.COc1ccc(CC(C)C)cc1. The summed E-state index contributed by atoms with van der Waals surface area (Å²) in [4.78, 5) is 65.7. The lowest BCUT2D eigenvalue weighted by molar-refractivity contribution is -0.158. The van der Waals surface area contributed by atoms with E-state index in [1.807, 2.05) is 184 Å². The minimum absolute atomic E-state index is 0.00623. The second kappa shape index (κ2) is 77.1. The Hall–Kier alpha value is -9.31. The highest BCUT2D eigenvalue weighted by molar-refractivity contribution is 6.81. The van der Waals surface area contributed by atoms with Crippen molar-refractivity contribution >= 4 is 51.8 Å². The molecule has 0 saturated carbocycles. The van der Waals surface area contributed by atoms with Crippen LogP contribution in [0.4, 0.5) is 0 Å². The first-order valence-electron chi connectivity index (χ1n) is 53.6. The van der Waals surface area contributed by atoms with Crippen LogP contribution in [0.25, 0.3) is 11.1 Å². The van der Waals surface area contributed by atoms with Gasteiger partial charge in [0.05, 0.1) is 32.9 Å². The van der Waals surface area contributed by atoms with Crippen LogP contribution in [0, 0.1) is 82.3 Å². The Morgan fingerprint density at radius 3 is 0.931 bits per heavy atom. The predicted octanol–water partition coefficient (Wildman–Crippen LogP) is 37.8. The molecule has 0 aromatic heterocycles. The molecule has 0 N–H and O–H groups in total. The second-order valence-electron chi connectivity index (χ2n) is 47.0. The third kappa shape index (κ3) is 68.9. The lowest BCUT2D eigenvalue weighted by Gasteiger charge is -2.40. The first-order valence-corrected chi connectivity index (χ1v) is 60.1. The summed E-state index contributed by atoms with van der Waals surface area (Å²) >= 11 is 0. The lowest BCUT2D eigenvalue weighted by Crippen LogP contribution is -2.39. The van der Waals surface area contributed by atoms with Gasteiger partial charge in [-0.3, -0.25) is 28.8 Å². The van der Waals surface area contributed by atoms with Crippen LogP contribution in [-0.4, -0.2) is 71.2 Å². The van der Waals surface area contributed by atoms with Crippen LogP contribution in [0.3, 0.4) is 0 Å². The molecule has 11 nitrogen and oxygen atoms in total. The molecule has 0 bridgehead atoms. The fraction of sp³-hybridized carbons (Fsp3) is 0.557. The van der Waals surface area contributed by atoms with Gasteiger partial charge in [-0.05, 0) is 193 Å². The molecule has 0 amide bonds. The molecule has 0 heterocycles. The van der Waals surface area contributed by atoms with Gasteiger partial charge in [-0.15, -0.1) is 13.2 Å². The van der Waals surface area contributed by atoms with Gasteiger partial charge in [0.2, 0.25) is 8.32 Å². The maximum absolute atomic E-state index is 11.7. The summed E-state index contributed by atoms with van der Waals surface area (Å²) in [6.07, 6.45) is 9.98. The zero-order valence-corrected chi connectivity index (χ0v) is 102. The third-order valence-corrected chi connectivity index (χ3v) is 31.3. The van der Waals surface area contributed by atoms with Gasteiger partial charge in [0.15, 0.2) is 0 Å². The fourth-order valence-electron chi connectivity index (χ4n) is 12.2. The van der Waals surface area contributed by atoms with Crippen molar-refractivity contribution in [2.45, 2.75) is 382 Å². The van der Waals surface area contributed by atoms with Gasteiger partial charge < -0.3 is 23.4 Å². The molecule has 810 valence electrons. The molecular weight excluding hydrogens is 1810 g/mol. The zero-order chi connectivity index (χ0) is 112. The van der Waals surface area contributed by atoms with Gasteiger partial charge in [-0.2, -0.15) is 0 Å². The first-order chi connectivity index (χ1) is 66.5. The Labute approximate surface area is 887 Å². The number of hydrogen-bond donors (Lipinski definition) is 0. The molecule has 8 aromatic carbocycles.